The van der Waals surface area contributed by atoms with Crippen molar-refractivity contribution in [1.29, 1.82) is 0 Å². The maximum Gasteiger partial charge on any atom is 0.276 e. The van der Waals surface area contributed by atoms with Gasteiger partial charge in [0.2, 0.25) is 5.75 Å². The van der Waals surface area contributed by atoms with Crippen LogP contribution in [-0.4, -0.2) is 61.1 Å². The van der Waals surface area contributed by atoms with Crippen LogP contribution >= 0.6 is 22.7 Å². The molecule has 0 radical (unpaired) electrons. The van der Waals surface area contributed by atoms with Crippen LogP contribution in [-0.2, 0) is 5.41 Å². The first-order valence-electron chi connectivity index (χ1n) is 12.0. The minimum atomic E-state index is -0.259. The van der Waals surface area contributed by atoms with E-state index in [1.165, 1.54) is 36.9 Å². The fourth-order valence-corrected chi connectivity index (χ4v) is 6.09. The fraction of sp³-hybridized carbons (Fsp3) is 0.462. The van der Waals surface area contributed by atoms with E-state index >= 15 is 0 Å². The fourth-order valence-electron chi connectivity index (χ4n) is 4.19. The van der Waals surface area contributed by atoms with Crippen molar-refractivity contribution < 1.29 is 23.8 Å². The lowest BCUT2D eigenvalue weighted by Gasteiger charge is -2.31. The van der Waals surface area contributed by atoms with Gasteiger partial charge in [0.05, 0.1) is 37.6 Å². The minimum Gasteiger partial charge on any atom is -0.493 e. The van der Waals surface area contributed by atoms with E-state index in [4.69, 9.17) is 14.2 Å². The molecule has 0 atom stereocenters. The van der Waals surface area contributed by atoms with Crippen LogP contribution in [0, 0.1) is 0 Å². The van der Waals surface area contributed by atoms with Gasteiger partial charge in [-0.15, -0.1) is 22.7 Å². The highest BCUT2D eigenvalue weighted by molar-refractivity contribution is 7.14. The van der Waals surface area contributed by atoms with E-state index in [2.05, 4.69) is 36.1 Å². The number of nitrogens with one attached hydrogen (secondary N) is 1. The first-order chi connectivity index (χ1) is 17.7. The van der Waals surface area contributed by atoms with E-state index < -0.39 is 0 Å². The largest absolute Gasteiger partial charge is 0.493 e. The lowest BCUT2D eigenvalue weighted by molar-refractivity contribution is 0.0708. The Balaban J connectivity index is 1.38. The summed E-state index contributed by atoms with van der Waals surface area (Å²) >= 11 is 2.90. The second kappa shape index (κ2) is 11.1. The van der Waals surface area contributed by atoms with Crippen molar-refractivity contribution in [3.63, 3.8) is 0 Å². The number of carbonyl (C=O) groups excluding carboxylic acids is 2. The standard InChI is InChI=1S/C26H32N4O5S2/c1-26(2,3)19-14-37-25(28-19)29-22(31)17-13-36-23(27-17)15-9-11-30(12-10-15)24(32)16-7-8-18(33-4)21(35-6)20(16)34-5/h7-8,13-15H,9-12H2,1-6H3,(H,28,29,31). The van der Waals surface area contributed by atoms with Gasteiger partial charge in [-0.05, 0) is 25.0 Å². The first kappa shape index (κ1) is 26.9. The van der Waals surface area contributed by atoms with Crippen LogP contribution in [0.5, 0.6) is 17.2 Å². The van der Waals surface area contributed by atoms with Crippen molar-refractivity contribution in [2.45, 2.75) is 44.9 Å². The lowest BCUT2D eigenvalue weighted by Crippen LogP contribution is -2.38. The smallest absolute Gasteiger partial charge is 0.276 e. The van der Waals surface area contributed by atoms with Crippen LogP contribution in [0.4, 0.5) is 5.13 Å². The number of benzene rings is 1. The zero-order valence-corrected chi connectivity index (χ0v) is 23.5. The summed E-state index contributed by atoms with van der Waals surface area (Å²) < 4.78 is 16.2. The Labute approximate surface area is 224 Å². The lowest BCUT2D eigenvalue weighted by atomic mass is 9.93. The van der Waals surface area contributed by atoms with Gasteiger partial charge in [0.1, 0.15) is 5.69 Å². The second-order valence-corrected chi connectivity index (χ2v) is 11.5. The second-order valence-electron chi connectivity index (χ2n) is 9.76. The summed E-state index contributed by atoms with van der Waals surface area (Å²) in [6, 6.07) is 3.41. The zero-order valence-electron chi connectivity index (χ0n) is 21.9. The Bertz CT molecular complexity index is 1270. The number of nitrogens with zero attached hydrogens (tertiary/aromatic N) is 3. The molecule has 198 valence electrons. The molecule has 0 aliphatic carbocycles. The van der Waals surface area contributed by atoms with E-state index in [-0.39, 0.29) is 23.1 Å². The number of likely N-dealkylation sites (tertiary alicyclic amines) is 1. The number of ether oxygens (including phenoxy) is 3. The number of hydrogen-bond acceptors (Lipinski definition) is 9. The van der Waals surface area contributed by atoms with Gasteiger partial charge in [0, 0.05) is 35.2 Å². The van der Waals surface area contributed by atoms with Crippen LogP contribution in [0.1, 0.15) is 71.1 Å². The van der Waals surface area contributed by atoms with E-state index in [0.717, 1.165) is 23.5 Å². The first-order valence-corrected chi connectivity index (χ1v) is 13.7. The Morgan fingerprint density at radius 3 is 2.27 bits per heavy atom. The topological polar surface area (TPSA) is 103 Å². The maximum absolute atomic E-state index is 13.3. The number of piperidine rings is 1. The Morgan fingerprint density at radius 2 is 1.68 bits per heavy atom. The molecule has 3 heterocycles. The van der Waals surface area contributed by atoms with Crippen LogP contribution < -0.4 is 19.5 Å². The molecule has 0 bridgehead atoms. The van der Waals surface area contributed by atoms with Crippen LogP contribution in [0.25, 0.3) is 0 Å². The number of carbonyl (C=O) groups is 2. The maximum atomic E-state index is 13.3. The summed E-state index contributed by atoms with van der Waals surface area (Å²) in [5, 5.41) is 8.10. The molecule has 1 N–H and O–H groups in total. The monoisotopic (exact) mass is 544 g/mol. The third-order valence-electron chi connectivity index (χ3n) is 6.31. The van der Waals surface area contributed by atoms with Crippen molar-refractivity contribution in [2.75, 3.05) is 39.7 Å². The number of hydrogen-bond donors (Lipinski definition) is 1. The van der Waals surface area contributed by atoms with Gasteiger partial charge < -0.3 is 19.1 Å². The summed E-state index contributed by atoms with van der Waals surface area (Å²) in [5.74, 6) is 1.07. The van der Waals surface area contributed by atoms with E-state index in [1.807, 2.05) is 10.3 Å². The van der Waals surface area contributed by atoms with Crippen molar-refractivity contribution in [3.8, 4) is 17.2 Å². The summed E-state index contributed by atoms with van der Waals surface area (Å²) in [5.41, 5.74) is 1.69. The molecule has 1 fully saturated rings. The minimum absolute atomic E-state index is 0.0753. The van der Waals surface area contributed by atoms with E-state index in [1.54, 1.807) is 24.6 Å². The van der Waals surface area contributed by atoms with Crippen molar-refractivity contribution >= 4 is 39.6 Å². The van der Waals surface area contributed by atoms with Gasteiger partial charge in [-0.2, -0.15) is 0 Å². The summed E-state index contributed by atoms with van der Waals surface area (Å²) in [6.07, 6.45) is 1.52. The molecule has 1 aromatic carbocycles. The molecule has 9 nitrogen and oxygen atoms in total. The molecule has 0 saturated carbocycles. The molecule has 1 saturated heterocycles. The number of aromatic nitrogens is 2. The number of rotatable bonds is 7. The molecule has 2 amide bonds. The molecule has 1 aliphatic rings. The SMILES string of the molecule is COc1ccc(C(=O)N2CCC(c3nc(C(=O)Nc4nc(C(C)(C)C)cs4)cs3)CC2)c(OC)c1OC. The summed E-state index contributed by atoms with van der Waals surface area (Å²) in [4.78, 5) is 37.0. The average molecular weight is 545 g/mol. The molecule has 1 aliphatic heterocycles. The molecule has 2 aromatic heterocycles. The number of amides is 2. The Morgan fingerprint density at radius 1 is 0.973 bits per heavy atom. The predicted molar refractivity (Wildman–Crippen MR) is 145 cm³/mol. The summed E-state index contributed by atoms with van der Waals surface area (Å²) in [7, 11) is 4.57. The molecular formula is C26H32N4O5S2. The van der Waals surface area contributed by atoms with Crippen molar-refractivity contribution in [2.24, 2.45) is 0 Å². The molecule has 3 aromatic rings. The quantitative estimate of drug-likeness (QED) is 0.436. The number of thiazole rings is 2. The Kier molecular flexibility index (Phi) is 8.03. The molecule has 4 rings (SSSR count). The molecule has 0 spiro atoms. The third kappa shape index (κ3) is 5.72. The van der Waals surface area contributed by atoms with Crippen LogP contribution in [0.3, 0.4) is 0 Å². The molecule has 0 unspecified atom stereocenters. The molecule has 37 heavy (non-hydrogen) atoms. The normalized spacial score (nSPS) is 14.4. The number of methoxy groups -OCH3 is 3. The average Bonchev–Trinajstić information content (AvgIpc) is 3.57. The highest BCUT2D eigenvalue weighted by Gasteiger charge is 2.30. The third-order valence-corrected chi connectivity index (χ3v) is 8.08. The van der Waals surface area contributed by atoms with Crippen molar-refractivity contribution in [3.05, 3.63) is 44.9 Å². The van der Waals surface area contributed by atoms with Gasteiger partial charge in [0.25, 0.3) is 11.8 Å². The van der Waals surface area contributed by atoms with Gasteiger partial charge in [0.15, 0.2) is 16.6 Å². The predicted octanol–water partition coefficient (Wildman–Crippen LogP) is 5.20. The summed E-state index contributed by atoms with van der Waals surface area (Å²) in [6.45, 7) is 7.42. The van der Waals surface area contributed by atoms with Crippen LogP contribution in [0.15, 0.2) is 22.9 Å². The van der Waals surface area contributed by atoms with Crippen molar-refractivity contribution in [1.82, 2.24) is 14.9 Å². The van der Waals surface area contributed by atoms with Gasteiger partial charge in [-0.1, -0.05) is 20.8 Å². The molecule has 11 heteroatoms. The highest BCUT2D eigenvalue weighted by atomic mass is 32.1. The zero-order chi connectivity index (χ0) is 26.7. The molecular weight excluding hydrogens is 512 g/mol. The van der Waals surface area contributed by atoms with Crippen LogP contribution in [0.2, 0.25) is 0 Å². The Hall–Kier alpha value is -3.18. The van der Waals surface area contributed by atoms with Gasteiger partial charge in [-0.25, -0.2) is 9.97 Å². The highest BCUT2D eigenvalue weighted by Crippen LogP contribution is 2.41. The van der Waals surface area contributed by atoms with E-state index in [0.29, 0.717) is 46.7 Å². The van der Waals surface area contributed by atoms with Gasteiger partial charge in [-0.3, -0.25) is 14.9 Å². The van der Waals surface area contributed by atoms with E-state index in [9.17, 15) is 9.59 Å². The van der Waals surface area contributed by atoms with Gasteiger partial charge >= 0.3 is 0 Å². The number of anilines is 1.